The largest absolute Gasteiger partial charge is 0.456 e. The molecule has 4 heterocycles. The van der Waals surface area contributed by atoms with Gasteiger partial charge in [-0.3, -0.25) is 14.9 Å². The SMILES string of the molecule is CSc1c2sc(C3=C(C(=O)OCc4ccc([N+](=O)[O-])cc4)N4C(=O)[C@H]([C@@H](C)O)[C@H]4[C@H]3C)cn2c[n+]1Cc1ccc(C#N)cc1. The number of non-ortho nitro benzene ring substituents is 1. The minimum Gasteiger partial charge on any atom is -0.456 e. The van der Waals surface area contributed by atoms with Crippen LogP contribution in [0.15, 0.2) is 71.8 Å². The van der Waals surface area contributed by atoms with Gasteiger partial charge in [0, 0.05) is 23.6 Å². The van der Waals surface area contributed by atoms with Gasteiger partial charge in [0.2, 0.25) is 15.8 Å². The number of fused-ring (bicyclic) bond motifs is 2. The van der Waals surface area contributed by atoms with Crippen LogP contribution in [0.5, 0.6) is 0 Å². The number of imidazole rings is 1. The predicted molar refractivity (Wildman–Crippen MR) is 162 cm³/mol. The fraction of sp³-hybridized carbons (Fsp3) is 0.290. The number of esters is 1. The van der Waals surface area contributed by atoms with Gasteiger partial charge in [0.25, 0.3) is 12.0 Å². The van der Waals surface area contributed by atoms with Gasteiger partial charge in [-0.1, -0.05) is 42.2 Å². The van der Waals surface area contributed by atoms with Crippen molar-refractivity contribution in [2.24, 2.45) is 11.8 Å². The molecule has 13 heteroatoms. The lowest BCUT2D eigenvalue weighted by Crippen LogP contribution is -2.63. The van der Waals surface area contributed by atoms with E-state index in [-0.39, 0.29) is 35.9 Å². The van der Waals surface area contributed by atoms with E-state index < -0.39 is 22.9 Å². The number of aliphatic hydroxyl groups is 1. The second-order valence-electron chi connectivity index (χ2n) is 10.9. The molecule has 2 aromatic heterocycles. The fourth-order valence-electron chi connectivity index (χ4n) is 6.07. The number of rotatable bonds is 9. The van der Waals surface area contributed by atoms with Crippen LogP contribution in [0.25, 0.3) is 10.4 Å². The summed E-state index contributed by atoms with van der Waals surface area (Å²) < 4.78 is 9.80. The van der Waals surface area contributed by atoms with Crippen LogP contribution in [0.4, 0.5) is 5.69 Å². The van der Waals surface area contributed by atoms with Gasteiger partial charge in [0.1, 0.15) is 25.0 Å². The first kappa shape index (κ1) is 29.6. The Bertz CT molecular complexity index is 1870. The number of nitrogens with zero attached hydrogens (tertiary/aromatic N) is 5. The maximum atomic E-state index is 13.6. The monoisotopic (exact) mass is 630 g/mol. The molecular formula is C31H28N5O6S2+. The summed E-state index contributed by atoms with van der Waals surface area (Å²) in [6.07, 6.45) is 5.08. The van der Waals surface area contributed by atoms with Crippen LogP contribution in [-0.2, 0) is 27.5 Å². The molecule has 0 unspecified atom stereocenters. The zero-order chi connectivity index (χ0) is 31.3. The molecular weight excluding hydrogens is 603 g/mol. The zero-order valence-corrected chi connectivity index (χ0v) is 25.7. The van der Waals surface area contributed by atoms with Gasteiger partial charge in [-0.15, -0.1) is 0 Å². The van der Waals surface area contributed by atoms with Crippen molar-refractivity contribution in [2.75, 3.05) is 6.26 Å². The smallest absolute Gasteiger partial charge is 0.355 e. The van der Waals surface area contributed by atoms with Crippen LogP contribution in [0, 0.1) is 33.3 Å². The summed E-state index contributed by atoms with van der Waals surface area (Å²) in [6.45, 7) is 4.04. The molecule has 4 aromatic rings. The van der Waals surface area contributed by atoms with Crippen LogP contribution in [0.3, 0.4) is 0 Å². The van der Waals surface area contributed by atoms with Crippen LogP contribution >= 0.6 is 23.1 Å². The van der Waals surface area contributed by atoms with Crippen molar-refractivity contribution in [3.63, 3.8) is 0 Å². The van der Waals surface area contributed by atoms with E-state index in [1.165, 1.54) is 40.5 Å². The van der Waals surface area contributed by atoms with Crippen molar-refractivity contribution in [2.45, 2.75) is 44.2 Å². The lowest BCUT2D eigenvalue weighted by Gasteiger charge is -2.46. The molecule has 44 heavy (non-hydrogen) atoms. The van der Waals surface area contributed by atoms with Gasteiger partial charge in [0.15, 0.2) is 0 Å². The Kier molecular flexibility index (Phi) is 7.75. The average Bonchev–Trinajstić information content (AvgIpc) is 3.63. The molecule has 1 N–H and O–H groups in total. The molecule has 224 valence electrons. The Morgan fingerprint density at radius 1 is 1.23 bits per heavy atom. The van der Waals surface area contributed by atoms with E-state index >= 15 is 0 Å². The van der Waals surface area contributed by atoms with Crippen LogP contribution < -0.4 is 4.57 Å². The summed E-state index contributed by atoms with van der Waals surface area (Å²) in [5.74, 6) is -1.84. The number of aliphatic hydroxyl groups excluding tert-OH is 1. The lowest BCUT2D eigenvalue weighted by atomic mass is 9.77. The van der Waals surface area contributed by atoms with E-state index in [1.807, 2.05) is 42.2 Å². The van der Waals surface area contributed by atoms with Crippen LogP contribution in [0.1, 0.15) is 35.4 Å². The molecule has 2 aliphatic heterocycles. The third-order valence-corrected chi connectivity index (χ3v) is 10.3. The number of hydrogen-bond donors (Lipinski definition) is 1. The summed E-state index contributed by atoms with van der Waals surface area (Å²) in [6, 6.07) is 15.0. The van der Waals surface area contributed by atoms with E-state index in [4.69, 9.17) is 10.00 Å². The van der Waals surface area contributed by atoms with Gasteiger partial charge in [0.05, 0.1) is 39.5 Å². The number of thioether (sulfide) groups is 1. The topological polar surface area (TPSA) is 142 Å². The molecule has 11 nitrogen and oxygen atoms in total. The van der Waals surface area contributed by atoms with Crippen LogP contribution in [-0.4, -0.2) is 49.6 Å². The highest BCUT2D eigenvalue weighted by Gasteiger charge is 2.60. The molecule has 0 bridgehead atoms. The fourth-order valence-corrected chi connectivity index (χ4v) is 8.25. The second kappa shape index (κ2) is 11.5. The minimum atomic E-state index is -0.869. The number of thiazole rings is 1. The van der Waals surface area contributed by atoms with E-state index in [0.717, 1.165) is 20.3 Å². The van der Waals surface area contributed by atoms with Crippen molar-refractivity contribution >= 4 is 51.1 Å². The zero-order valence-electron chi connectivity index (χ0n) is 24.0. The standard InChI is InChI=1S/C31H28N5O6S2/c1-17-24(23-14-34-16-33(29(43-3)30(34)44-23)13-20-6-4-19(12-32)5-7-20)27(35-26(17)25(18(2)37)28(35)38)31(39)42-15-21-8-10-22(11-9-21)36(40)41/h4-11,14,16-18,25-26,37H,13,15H2,1-3H3/q+1/t17-,18+,25+,26+/m0/s1. The number of aromatic nitrogens is 2. The van der Waals surface area contributed by atoms with E-state index in [0.29, 0.717) is 23.2 Å². The van der Waals surface area contributed by atoms with Crippen molar-refractivity contribution in [3.05, 3.63) is 98.4 Å². The van der Waals surface area contributed by atoms with E-state index in [9.17, 15) is 24.8 Å². The molecule has 6 rings (SSSR count). The molecule has 2 aliphatic rings. The van der Waals surface area contributed by atoms with Crippen molar-refractivity contribution in [1.82, 2.24) is 9.30 Å². The lowest BCUT2D eigenvalue weighted by molar-refractivity contribution is -0.721. The highest BCUT2D eigenvalue weighted by atomic mass is 32.2. The summed E-state index contributed by atoms with van der Waals surface area (Å²) >= 11 is 3.12. The summed E-state index contributed by atoms with van der Waals surface area (Å²) in [5, 5.41) is 31.5. The number of carbonyl (C=O) groups is 2. The first-order valence-electron chi connectivity index (χ1n) is 13.9. The number of ether oxygens (including phenoxy) is 1. The maximum Gasteiger partial charge on any atom is 0.355 e. The van der Waals surface area contributed by atoms with Gasteiger partial charge < -0.3 is 14.7 Å². The highest BCUT2D eigenvalue weighted by molar-refractivity contribution is 7.98. The predicted octanol–water partition coefficient (Wildman–Crippen LogP) is 4.15. The number of nitriles is 1. The second-order valence-corrected chi connectivity index (χ2v) is 12.7. The molecule has 0 aliphatic carbocycles. The normalized spacial score (nSPS) is 19.9. The Morgan fingerprint density at radius 3 is 2.52 bits per heavy atom. The molecule has 0 saturated carbocycles. The Balaban J connectivity index is 1.34. The van der Waals surface area contributed by atoms with Crippen molar-refractivity contribution in [3.8, 4) is 6.07 Å². The Hall–Kier alpha value is -4.51. The first-order valence-corrected chi connectivity index (χ1v) is 15.9. The minimum absolute atomic E-state index is 0.0650. The maximum absolute atomic E-state index is 13.6. The van der Waals surface area contributed by atoms with Crippen molar-refractivity contribution < 1.29 is 28.9 Å². The Labute approximate surface area is 260 Å². The van der Waals surface area contributed by atoms with E-state index in [2.05, 4.69) is 10.6 Å². The van der Waals surface area contributed by atoms with Gasteiger partial charge in [-0.05, 0) is 48.6 Å². The summed E-state index contributed by atoms with van der Waals surface area (Å²) in [7, 11) is 0. The number of hydrogen-bond acceptors (Lipinski definition) is 9. The summed E-state index contributed by atoms with van der Waals surface area (Å²) in [4.78, 5) is 40.6. The molecule has 1 amide bonds. The highest BCUT2D eigenvalue weighted by Crippen LogP contribution is 2.52. The first-order chi connectivity index (χ1) is 21.1. The molecule has 1 saturated heterocycles. The third-order valence-electron chi connectivity index (χ3n) is 8.18. The van der Waals surface area contributed by atoms with E-state index in [1.54, 1.807) is 30.8 Å². The van der Waals surface area contributed by atoms with Gasteiger partial charge >= 0.3 is 5.97 Å². The molecule has 2 aromatic carbocycles. The number of nitro benzene ring substituents is 1. The van der Waals surface area contributed by atoms with Gasteiger partial charge in [-0.25, -0.2) is 9.36 Å². The number of nitro groups is 1. The number of carbonyl (C=O) groups excluding carboxylic acids is 2. The average molecular weight is 631 g/mol. The quantitative estimate of drug-likeness (QED) is 0.0726. The van der Waals surface area contributed by atoms with Crippen LogP contribution in [0.2, 0.25) is 0 Å². The van der Waals surface area contributed by atoms with Gasteiger partial charge in [-0.2, -0.15) is 9.66 Å². The van der Waals surface area contributed by atoms with Crippen molar-refractivity contribution in [1.29, 1.82) is 5.26 Å². The number of benzene rings is 2. The third kappa shape index (κ3) is 4.94. The summed E-state index contributed by atoms with van der Waals surface area (Å²) in [5.41, 5.74) is 3.04. The number of amides is 1. The molecule has 1 fully saturated rings. The Morgan fingerprint density at radius 2 is 1.91 bits per heavy atom. The number of β-lactam (4-membered cyclic amide) rings is 1. The molecule has 0 spiro atoms. The molecule has 4 atom stereocenters. The molecule has 0 radical (unpaired) electrons.